The van der Waals surface area contributed by atoms with E-state index < -0.39 is 11.7 Å². The molecule has 0 aliphatic carbocycles. The van der Waals surface area contributed by atoms with Crippen molar-refractivity contribution < 1.29 is 13.2 Å². The molecule has 0 spiro atoms. The van der Waals surface area contributed by atoms with Crippen molar-refractivity contribution in [2.75, 3.05) is 0 Å². The Morgan fingerprint density at radius 1 is 0.944 bits per heavy atom. The highest BCUT2D eigenvalue weighted by Crippen LogP contribution is 2.31. The van der Waals surface area contributed by atoms with E-state index in [4.69, 9.17) is 0 Å². The molecule has 18 heavy (non-hydrogen) atoms. The fourth-order valence-electron chi connectivity index (χ4n) is 1.93. The van der Waals surface area contributed by atoms with Crippen molar-refractivity contribution in [2.45, 2.75) is 20.0 Å². The normalized spacial score (nSPS) is 11.6. The van der Waals surface area contributed by atoms with E-state index in [-0.39, 0.29) is 0 Å². The number of alkyl halides is 3. The SMILES string of the molecule is Cc1cccc(C)c1-c1ccc(C(F)(F)F)cn1. The van der Waals surface area contributed by atoms with Gasteiger partial charge in [-0.3, -0.25) is 4.98 Å². The molecule has 1 nitrogen and oxygen atoms in total. The Morgan fingerprint density at radius 2 is 1.56 bits per heavy atom. The number of hydrogen-bond donors (Lipinski definition) is 0. The zero-order chi connectivity index (χ0) is 13.3. The van der Waals surface area contributed by atoms with Gasteiger partial charge in [-0.25, -0.2) is 0 Å². The van der Waals surface area contributed by atoms with Crippen LogP contribution >= 0.6 is 0 Å². The second-order valence-corrected chi connectivity index (χ2v) is 4.20. The van der Waals surface area contributed by atoms with E-state index in [9.17, 15) is 13.2 Å². The molecule has 94 valence electrons. The fourth-order valence-corrected chi connectivity index (χ4v) is 1.93. The minimum absolute atomic E-state index is 0.568. The average molecular weight is 251 g/mol. The molecule has 0 aliphatic rings. The van der Waals surface area contributed by atoms with Crippen molar-refractivity contribution in [1.82, 2.24) is 4.98 Å². The largest absolute Gasteiger partial charge is 0.417 e. The van der Waals surface area contributed by atoms with E-state index in [1.165, 1.54) is 6.07 Å². The number of pyridine rings is 1. The summed E-state index contributed by atoms with van der Waals surface area (Å²) in [6, 6.07) is 8.23. The second kappa shape index (κ2) is 4.44. The van der Waals surface area contributed by atoms with Crippen LogP contribution in [0, 0.1) is 13.8 Å². The standard InChI is InChI=1S/C14H12F3N/c1-9-4-3-5-10(2)13(9)12-7-6-11(8-18-12)14(15,16)17/h3-8H,1-2H3. The summed E-state index contributed by atoms with van der Waals surface area (Å²) in [6.07, 6.45) is -3.46. The maximum Gasteiger partial charge on any atom is 0.417 e. The first-order valence-corrected chi connectivity index (χ1v) is 5.49. The second-order valence-electron chi connectivity index (χ2n) is 4.20. The zero-order valence-corrected chi connectivity index (χ0v) is 10.0. The maximum absolute atomic E-state index is 12.4. The Kier molecular flexibility index (Phi) is 3.11. The molecule has 0 N–H and O–H groups in total. The lowest BCUT2D eigenvalue weighted by Gasteiger charge is -2.10. The predicted octanol–water partition coefficient (Wildman–Crippen LogP) is 4.38. The van der Waals surface area contributed by atoms with E-state index >= 15 is 0 Å². The molecule has 2 aromatic rings. The van der Waals surface area contributed by atoms with Crippen LogP contribution in [-0.2, 0) is 6.18 Å². The van der Waals surface area contributed by atoms with Gasteiger partial charge in [-0.05, 0) is 37.1 Å². The molecule has 0 amide bonds. The highest BCUT2D eigenvalue weighted by Gasteiger charge is 2.30. The van der Waals surface area contributed by atoms with Gasteiger partial charge in [0, 0.05) is 11.8 Å². The lowest BCUT2D eigenvalue weighted by molar-refractivity contribution is -0.137. The molecule has 0 saturated carbocycles. The highest BCUT2D eigenvalue weighted by molar-refractivity contribution is 5.67. The van der Waals surface area contributed by atoms with Crippen molar-refractivity contribution in [1.29, 1.82) is 0 Å². The molecule has 1 aromatic carbocycles. The first-order valence-electron chi connectivity index (χ1n) is 5.49. The van der Waals surface area contributed by atoms with Crippen LogP contribution in [0.5, 0.6) is 0 Å². The van der Waals surface area contributed by atoms with Gasteiger partial charge in [-0.15, -0.1) is 0 Å². The number of aryl methyl sites for hydroxylation is 2. The van der Waals surface area contributed by atoms with Crippen LogP contribution in [0.2, 0.25) is 0 Å². The van der Waals surface area contributed by atoms with Crippen molar-refractivity contribution in [3.63, 3.8) is 0 Å². The Bertz CT molecular complexity index is 536. The van der Waals surface area contributed by atoms with Crippen LogP contribution in [-0.4, -0.2) is 4.98 Å². The summed E-state index contributed by atoms with van der Waals surface area (Å²) in [7, 11) is 0. The monoisotopic (exact) mass is 251 g/mol. The predicted molar refractivity (Wildman–Crippen MR) is 64.1 cm³/mol. The smallest absolute Gasteiger partial charge is 0.256 e. The molecule has 2 rings (SSSR count). The molecule has 4 heteroatoms. The summed E-state index contributed by atoms with van der Waals surface area (Å²) in [5, 5.41) is 0. The summed E-state index contributed by atoms with van der Waals surface area (Å²) in [4.78, 5) is 3.92. The lowest BCUT2D eigenvalue weighted by atomic mass is 9.99. The zero-order valence-electron chi connectivity index (χ0n) is 10.0. The maximum atomic E-state index is 12.4. The van der Waals surface area contributed by atoms with E-state index in [2.05, 4.69) is 4.98 Å². The number of hydrogen-bond acceptors (Lipinski definition) is 1. The first kappa shape index (κ1) is 12.6. The van der Waals surface area contributed by atoms with Crippen LogP contribution in [0.3, 0.4) is 0 Å². The minimum atomic E-state index is -4.34. The Balaban J connectivity index is 2.47. The van der Waals surface area contributed by atoms with Crippen molar-refractivity contribution in [3.8, 4) is 11.3 Å². The molecule has 0 unspecified atom stereocenters. The molecule has 1 aromatic heterocycles. The third-order valence-corrected chi connectivity index (χ3v) is 2.83. The van der Waals surface area contributed by atoms with Crippen LogP contribution < -0.4 is 0 Å². The van der Waals surface area contributed by atoms with Gasteiger partial charge >= 0.3 is 6.18 Å². The molecule has 0 saturated heterocycles. The Morgan fingerprint density at radius 3 is 2.00 bits per heavy atom. The van der Waals surface area contributed by atoms with E-state index in [1.54, 1.807) is 0 Å². The van der Waals surface area contributed by atoms with Crippen LogP contribution in [0.1, 0.15) is 16.7 Å². The summed E-state index contributed by atoms with van der Waals surface area (Å²) in [5.74, 6) is 0. The Hall–Kier alpha value is -1.84. The molecular formula is C14H12F3N. The van der Waals surface area contributed by atoms with E-state index in [0.29, 0.717) is 5.69 Å². The lowest BCUT2D eigenvalue weighted by Crippen LogP contribution is -2.05. The number of aromatic nitrogens is 1. The van der Waals surface area contributed by atoms with Gasteiger partial charge in [0.1, 0.15) is 0 Å². The highest BCUT2D eigenvalue weighted by atomic mass is 19.4. The van der Waals surface area contributed by atoms with Crippen molar-refractivity contribution >= 4 is 0 Å². The van der Waals surface area contributed by atoms with Crippen LogP contribution in [0.25, 0.3) is 11.3 Å². The summed E-state index contributed by atoms with van der Waals surface area (Å²) >= 11 is 0. The van der Waals surface area contributed by atoms with Gasteiger partial charge < -0.3 is 0 Å². The van der Waals surface area contributed by atoms with Gasteiger partial charge in [-0.1, -0.05) is 18.2 Å². The number of rotatable bonds is 1. The number of halogens is 3. The van der Waals surface area contributed by atoms with Gasteiger partial charge in [-0.2, -0.15) is 13.2 Å². The molecule has 0 radical (unpaired) electrons. The van der Waals surface area contributed by atoms with Crippen LogP contribution in [0.15, 0.2) is 36.5 Å². The van der Waals surface area contributed by atoms with E-state index in [0.717, 1.165) is 29.0 Å². The summed E-state index contributed by atoms with van der Waals surface area (Å²) < 4.78 is 37.3. The van der Waals surface area contributed by atoms with Crippen molar-refractivity contribution in [3.05, 3.63) is 53.2 Å². The molecule has 0 aliphatic heterocycles. The van der Waals surface area contributed by atoms with Gasteiger partial charge in [0.05, 0.1) is 11.3 Å². The van der Waals surface area contributed by atoms with Crippen molar-refractivity contribution in [2.24, 2.45) is 0 Å². The van der Waals surface area contributed by atoms with E-state index in [1.807, 2.05) is 32.0 Å². The average Bonchev–Trinajstić information content (AvgIpc) is 2.28. The number of nitrogens with zero attached hydrogens (tertiary/aromatic N) is 1. The topological polar surface area (TPSA) is 12.9 Å². The van der Waals surface area contributed by atoms with Crippen LogP contribution in [0.4, 0.5) is 13.2 Å². The minimum Gasteiger partial charge on any atom is -0.256 e. The molecular weight excluding hydrogens is 239 g/mol. The third kappa shape index (κ3) is 2.37. The molecule has 0 fully saturated rings. The first-order chi connectivity index (χ1) is 8.39. The number of benzene rings is 1. The summed E-state index contributed by atoms with van der Waals surface area (Å²) in [6.45, 7) is 3.84. The van der Waals surface area contributed by atoms with Gasteiger partial charge in [0.2, 0.25) is 0 Å². The van der Waals surface area contributed by atoms with Gasteiger partial charge in [0.25, 0.3) is 0 Å². The fraction of sp³-hybridized carbons (Fsp3) is 0.214. The quantitative estimate of drug-likeness (QED) is 0.732. The molecule has 1 heterocycles. The summed E-state index contributed by atoms with van der Waals surface area (Å²) in [5.41, 5.74) is 2.74. The molecule has 0 atom stereocenters. The van der Waals surface area contributed by atoms with Gasteiger partial charge in [0.15, 0.2) is 0 Å². The Labute approximate surface area is 103 Å². The molecule has 0 bridgehead atoms. The third-order valence-electron chi connectivity index (χ3n) is 2.83.